The predicted molar refractivity (Wildman–Crippen MR) is 95.5 cm³/mol. The molecule has 1 heterocycles. The molecule has 0 unspecified atom stereocenters. The van der Waals surface area contributed by atoms with Gasteiger partial charge in [0, 0.05) is 0 Å². The molecule has 140 valence electrons. The first kappa shape index (κ1) is 20.2. The van der Waals surface area contributed by atoms with Crippen LogP contribution in [0.5, 0.6) is 5.75 Å². The Kier molecular flexibility index (Phi) is 6.63. The highest BCUT2D eigenvalue weighted by molar-refractivity contribution is 7.89. The number of ether oxygens (including phenoxy) is 2. The van der Waals surface area contributed by atoms with Crippen LogP contribution in [-0.4, -0.2) is 33.6 Å². The van der Waals surface area contributed by atoms with Gasteiger partial charge in [0.2, 0.25) is 0 Å². The second-order valence-electron chi connectivity index (χ2n) is 4.78. The molecule has 0 bridgehead atoms. The molecule has 7 nitrogen and oxygen atoms in total. The van der Waals surface area contributed by atoms with E-state index in [2.05, 4.69) is 0 Å². The molecule has 0 aliphatic carbocycles. The molecule has 10 heteroatoms. The second-order valence-corrected chi connectivity index (χ2v) is 8.27. The lowest BCUT2D eigenvalue weighted by atomic mass is 10.1. The van der Waals surface area contributed by atoms with E-state index in [-0.39, 0.29) is 38.6 Å². The van der Waals surface area contributed by atoms with Crippen LogP contribution in [0.15, 0.2) is 34.5 Å². The Bertz CT molecular complexity index is 882. The summed E-state index contributed by atoms with van der Waals surface area (Å²) in [5, 5.41) is 0. The van der Waals surface area contributed by atoms with Crippen LogP contribution < -0.4 is 4.18 Å². The van der Waals surface area contributed by atoms with E-state index in [1.165, 1.54) is 30.3 Å². The van der Waals surface area contributed by atoms with Gasteiger partial charge in [0.15, 0.2) is 4.21 Å². The fraction of sp³-hybridized carbons (Fsp3) is 0.250. The monoisotopic (exact) mass is 418 g/mol. The van der Waals surface area contributed by atoms with Crippen molar-refractivity contribution in [1.29, 1.82) is 0 Å². The molecule has 26 heavy (non-hydrogen) atoms. The van der Waals surface area contributed by atoms with Gasteiger partial charge in [0.1, 0.15) is 5.75 Å². The van der Waals surface area contributed by atoms with Crippen molar-refractivity contribution in [3.8, 4) is 5.75 Å². The van der Waals surface area contributed by atoms with Crippen molar-refractivity contribution in [3.05, 3.63) is 45.8 Å². The standard InChI is InChI=1S/C16H15ClO7S2/c1-3-22-15(18)10-7-11(16(19)23-4-2)9-12(8-10)24-26(20,21)14-6-5-13(17)25-14/h5-9H,3-4H2,1-2H3. The molecule has 0 aliphatic rings. The van der Waals surface area contributed by atoms with E-state index in [1.54, 1.807) is 13.8 Å². The van der Waals surface area contributed by atoms with E-state index >= 15 is 0 Å². The fourth-order valence-electron chi connectivity index (χ4n) is 1.91. The quantitative estimate of drug-likeness (QED) is 0.501. The number of rotatable bonds is 7. The molecule has 0 spiro atoms. The topological polar surface area (TPSA) is 96.0 Å². The van der Waals surface area contributed by atoms with Gasteiger partial charge in [-0.3, -0.25) is 0 Å². The molecular formula is C16H15ClO7S2. The maximum absolute atomic E-state index is 12.3. The molecule has 0 saturated heterocycles. The lowest BCUT2D eigenvalue weighted by Gasteiger charge is -2.10. The SMILES string of the molecule is CCOC(=O)c1cc(OS(=O)(=O)c2ccc(Cl)s2)cc(C(=O)OCC)c1. The first-order chi connectivity index (χ1) is 12.3. The number of halogens is 1. The van der Waals surface area contributed by atoms with Crippen molar-refractivity contribution >= 4 is 45.0 Å². The van der Waals surface area contributed by atoms with E-state index in [9.17, 15) is 18.0 Å². The zero-order valence-corrected chi connectivity index (χ0v) is 16.2. The zero-order chi connectivity index (χ0) is 19.3. The summed E-state index contributed by atoms with van der Waals surface area (Å²) >= 11 is 6.57. The number of thiophene rings is 1. The smallest absolute Gasteiger partial charge is 0.348 e. The molecule has 0 aliphatic heterocycles. The molecule has 2 rings (SSSR count). The van der Waals surface area contributed by atoms with E-state index in [0.29, 0.717) is 0 Å². The summed E-state index contributed by atoms with van der Waals surface area (Å²) in [5.41, 5.74) is -0.0707. The van der Waals surface area contributed by atoms with Gasteiger partial charge in [-0.1, -0.05) is 11.6 Å². The Morgan fingerprint density at radius 2 is 1.54 bits per heavy atom. The molecule has 1 aromatic heterocycles. The molecule has 2 aromatic rings. The first-order valence-electron chi connectivity index (χ1n) is 7.46. The lowest BCUT2D eigenvalue weighted by Crippen LogP contribution is -2.12. The number of carbonyl (C=O) groups excluding carboxylic acids is 2. The van der Waals surface area contributed by atoms with Crippen molar-refractivity contribution in [2.24, 2.45) is 0 Å². The summed E-state index contributed by atoms with van der Waals surface area (Å²) in [6.07, 6.45) is 0. The third kappa shape index (κ3) is 4.96. The Hall–Kier alpha value is -2.10. The summed E-state index contributed by atoms with van der Waals surface area (Å²) in [6.45, 7) is 3.47. The maximum Gasteiger partial charge on any atom is 0.348 e. The maximum atomic E-state index is 12.3. The van der Waals surface area contributed by atoms with Gasteiger partial charge in [0.25, 0.3) is 0 Å². The molecule has 0 radical (unpaired) electrons. The summed E-state index contributed by atoms with van der Waals surface area (Å²) in [6, 6.07) is 6.31. The molecule has 0 amide bonds. The van der Waals surface area contributed by atoms with Crippen LogP contribution in [0.1, 0.15) is 34.6 Å². The minimum absolute atomic E-state index is 0.0354. The highest BCUT2D eigenvalue weighted by Gasteiger charge is 2.22. The van der Waals surface area contributed by atoms with Gasteiger partial charge in [0.05, 0.1) is 28.7 Å². The van der Waals surface area contributed by atoms with Crippen LogP contribution in [0.3, 0.4) is 0 Å². The van der Waals surface area contributed by atoms with Crippen LogP contribution in [-0.2, 0) is 19.6 Å². The van der Waals surface area contributed by atoms with Gasteiger partial charge >= 0.3 is 22.1 Å². The van der Waals surface area contributed by atoms with Crippen molar-refractivity contribution < 1.29 is 31.7 Å². The number of benzene rings is 1. The van der Waals surface area contributed by atoms with Gasteiger partial charge in [-0.15, -0.1) is 11.3 Å². The van der Waals surface area contributed by atoms with E-state index in [4.69, 9.17) is 25.3 Å². The fourth-order valence-corrected chi connectivity index (χ4v) is 4.27. The summed E-state index contributed by atoms with van der Waals surface area (Å²) in [4.78, 5) is 23.9. The van der Waals surface area contributed by atoms with Crippen molar-refractivity contribution in [2.75, 3.05) is 13.2 Å². The van der Waals surface area contributed by atoms with E-state index in [1.807, 2.05) is 0 Å². The van der Waals surface area contributed by atoms with Gasteiger partial charge in [-0.05, 0) is 44.2 Å². The number of hydrogen-bond acceptors (Lipinski definition) is 8. The average Bonchev–Trinajstić information content (AvgIpc) is 3.02. The Balaban J connectivity index is 2.43. The molecule has 0 atom stereocenters. The number of hydrogen-bond donors (Lipinski definition) is 0. The van der Waals surface area contributed by atoms with Crippen molar-refractivity contribution in [3.63, 3.8) is 0 Å². The Labute approximate surface area is 159 Å². The number of carbonyl (C=O) groups is 2. The van der Waals surface area contributed by atoms with E-state index < -0.39 is 22.1 Å². The number of esters is 2. The molecule has 0 fully saturated rings. The van der Waals surface area contributed by atoms with Crippen LogP contribution >= 0.6 is 22.9 Å². The van der Waals surface area contributed by atoms with E-state index in [0.717, 1.165) is 11.3 Å². The zero-order valence-electron chi connectivity index (χ0n) is 13.9. The molecule has 0 saturated carbocycles. The molecule has 1 aromatic carbocycles. The predicted octanol–water partition coefficient (Wildman–Crippen LogP) is 3.52. The lowest BCUT2D eigenvalue weighted by molar-refractivity contribution is 0.0524. The van der Waals surface area contributed by atoms with Crippen molar-refractivity contribution in [2.45, 2.75) is 18.1 Å². The average molecular weight is 419 g/mol. The normalized spacial score (nSPS) is 11.0. The minimum Gasteiger partial charge on any atom is -0.462 e. The largest absolute Gasteiger partial charge is 0.462 e. The second kappa shape index (κ2) is 8.52. The van der Waals surface area contributed by atoms with Crippen LogP contribution in [0.25, 0.3) is 0 Å². The highest BCUT2D eigenvalue weighted by atomic mass is 35.5. The van der Waals surface area contributed by atoms with Gasteiger partial charge < -0.3 is 13.7 Å². The minimum atomic E-state index is -4.17. The first-order valence-corrected chi connectivity index (χ1v) is 10.1. The van der Waals surface area contributed by atoms with Crippen LogP contribution in [0, 0.1) is 0 Å². The van der Waals surface area contributed by atoms with Gasteiger partial charge in [-0.25, -0.2) is 9.59 Å². The third-order valence-electron chi connectivity index (χ3n) is 2.93. The van der Waals surface area contributed by atoms with Crippen LogP contribution in [0.2, 0.25) is 4.34 Å². The molecular weight excluding hydrogens is 404 g/mol. The third-order valence-corrected chi connectivity index (χ3v) is 5.86. The van der Waals surface area contributed by atoms with Gasteiger partial charge in [-0.2, -0.15) is 8.42 Å². The summed E-state index contributed by atoms with van der Waals surface area (Å²) in [7, 11) is -4.17. The highest BCUT2D eigenvalue weighted by Crippen LogP contribution is 2.29. The summed E-state index contributed by atoms with van der Waals surface area (Å²) < 4.78 is 39.6. The Morgan fingerprint density at radius 1 is 1.00 bits per heavy atom. The van der Waals surface area contributed by atoms with Crippen molar-refractivity contribution in [1.82, 2.24) is 0 Å². The Morgan fingerprint density at radius 3 is 1.96 bits per heavy atom. The van der Waals surface area contributed by atoms with Crippen LogP contribution in [0.4, 0.5) is 0 Å². The molecule has 0 N–H and O–H groups in total. The summed E-state index contributed by atoms with van der Waals surface area (Å²) in [5.74, 6) is -1.66.